The van der Waals surface area contributed by atoms with Crippen molar-refractivity contribution in [2.45, 2.75) is 36.0 Å². The third-order valence-electron chi connectivity index (χ3n) is 5.71. The van der Waals surface area contributed by atoms with E-state index >= 15 is 0 Å². The fourth-order valence-electron chi connectivity index (χ4n) is 4.14. The van der Waals surface area contributed by atoms with Crippen LogP contribution in [0.5, 0.6) is 0 Å². The molecule has 0 saturated carbocycles. The Morgan fingerprint density at radius 2 is 1.93 bits per heavy atom. The van der Waals surface area contributed by atoms with E-state index in [0.29, 0.717) is 24.2 Å². The number of rotatable bonds is 6. The Balaban J connectivity index is 1.48. The molecular formula is C23H28N3O2S+. The molecule has 29 heavy (non-hydrogen) atoms. The van der Waals surface area contributed by atoms with Crippen molar-refractivity contribution in [3.8, 4) is 0 Å². The molecule has 1 saturated heterocycles. The van der Waals surface area contributed by atoms with Gasteiger partial charge in [0.15, 0.2) is 0 Å². The van der Waals surface area contributed by atoms with Gasteiger partial charge in [-0.15, -0.1) is 0 Å². The minimum atomic E-state index is -0.0699. The number of hydrogen-bond donors (Lipinski definition) is 2. The number of nitrogens with one attached hydrogen (secondary N) is 2. The normalized spacial score (nSPS) is 16.3. The molecule has 0 atom stereocenters. The molecule has 5 nitrogen and oxygen atoms in total. The van der Waals surface area contributed by atoms with E-state index < -0.39 is 0 Å². The molecule has 0 radical (unpaired) electrons. The van der Waals surface area contributed by atoms with Gasteiger partial charge in [-0.2, -0.15) is 0 Å². The second kappa shape index (κ2) is 9.01. The summed E-state index contributed by atoms with van der Waals surface area (Å²) in [5.41, 5.74) is 2.13. The van der Waals surface area contributed by atoms with Gasteiger partial charge >= 0.3 is 0 Å². The van der Waals surface area contributed by atoms with Crippen LogP contribution < -0.4 is 15.1 Å². The fraction of sp³-hybridized carbons (Fsp3) is 0.391. The van der Waals surface area contributed by atoms with Gasteiger partial charge in [0.25, 0.3) is 11.8 Å². The maximum absolute atomic E-state index is 13.1. The van der Waals surface area contributed by atoms with Crippen LogP contribution in [0.3, 0.4) is 0 Å². The first kappa shape index (κ1) is 20.0. The molecule has 2 aromatic carbocycles. The van der Waals surface area contributed by atoms with Crippen LogP contribution >= 0.6 is 11.8 Å². The number of nitrogens with zero attached hydrogens (tertiary/aromatic N) is 1. The summed E-state index contributed by atoms with van der Waals surface area (Å²) in [6.07, 6.45) is 3.65. The molecule has 0 bridgehead atoms. The van der Waals surface area contributed by atoms with Gasteiger partial charge in [0.2, 0.25) is 0 Å². The molecule has 4 rings (SSSR count). The highest BCUT2D eigenvalue weighted by atomic mass is 32.2. The number of hydrogen-bond acceptors (Lipinski definition) is 3. The monoisotopic (exact) mass is 410 g/mol. The molecular weight excluding hydrogens is 382 g/mol. The molecule has 2 heterocycles. The van der Waals surface area contributed by atoms with Crippen molar-refractivity contribution in [2.24, 2.45) is 0 Å². The highest BCUT2D eigenvalue weighted by Gasteiger charge is 2.27. The van der Waals surface area contributed by atoms with Gasteiger partial charge in [-0.1, -0.05) is 23.9 Å². The summed E-state index contributed by atoms with van der Waals surface area (Å²) in [5, 5.41) is 3.04. The largest absolute Gasteiger partial charge is 0.352 e. The summed E-state index contributed by atoms with van der Waals surface area (Å²) in [7, 11) is 0. The molecule has 2 N–H and O–H groups in total. The van der Waals surface area contributed by atoms with Gasteiger partial charge in [-0.3, -0.25) is 9.59 Å². The molecule has 0 spiro atoms. The van der Waals surface area contributed by atoms with Crippen molar-refractivity contribution < 1.29 is 14.5 Å². The first-order valence-electron chi connectivity index (χ1n) is 10.5. The molecule has 0 unspecified atom stereocenters. The van der Waals surface area contributed by atoms with Crippen molar-refractivity contribution in [2.75, 3.05) is 37.6 Å². The molecule has 2 aliphatic heterocycles. The SMILES string of the molecule is CCN1C(=O)c2ccccc2Sc2ccc(C(=O)NCCC[NH+]3CCCC3)cc21. The van der Waals surface area contributed by atoms with E-state index in [2.05, 4.69) is 5.32 Å². The van der Waals surface area contributed by atoms with Crippen molar-refractivity contribution in [1.82, 2.24) is 5.32 Å². The maximum atomic E-state index is 13.1. The molecule has 2 amide bonds. The summed E-state index contributed by atoms with van der Waals surface area (Å²) in [6, 6.07) is 13.4. The molecule has 0 aliphatic carbocycles. The molecule has 152 valence electrons. The van der Waals surface area contributed by atoms with E-state index in [0.717, 1.165) is 28.4 Å². The Hall–Kier alpha value is -2.31. The molecule has 1 fully saturated rings. The average molecular weight is 411 g/mol. The first-order chi connectivity index (χ1) is 14.2. The number of quaternary nitrogens is 1. The van der Waals surface area contributed by atoms with Crippen LogP contribution in [0.1, 0.15) is 46.9 Å². The molecule has 6 heteroatoms. The van der Waals surface area contributed by atoms with Crippen molar-refractivity contribution in [3.63, 3.8) is 0 Å². The first-order valence-corrected chi connectivity index (χ1v) is 11.3. The van der Waals surface area contributed by atoms with Crippen LogP contribution in [-0.2, 0) is 0 Å². The van der Waals surface area contributed by atoms with E-state index in [9.17, 15) is 9.59 Å². The smallest absolute Gasteiger partial charge is 0.259 e. The lowest BCUT2D eigenvalue weighted by atomic mass is 10.1. The number of benzene rings is 2. The third kappa shape index (κ3) is 4.33. The summed E-state index contributed by atoms with van der Waals surface area (Å²) in [4.78, 5) is 31.1. The Morgan fingerprint density at radius 1 is 1.14 bits per heavy atom. The van der Waals surface area contributed by atoms with Crippen molar-refractivity contribution >= 4 is 29.3 Å². The van der Waals surface area contributed by atoms with Crippen molar-refractivity contribution in [1.29, 1.82) is 0 Å². The number of carbonyl (C=O) groups is 2. The van der Waals surface area contributed by atoms with Crippen LogP contribution in [0.25, 0.3) is 0 Å². The van der Waals surface area contributed by atoms with E-state index in [4.69, 9.17) is 0 Å². The quantitative estimate of drug-likeness (QED) is 0.720. The summed E-state index contributed by atoms with van der Waals surface area (Å²) >= 11 is 1.59. The molecule has 2 aliphatic rings. The Labute approximate surface area is 176 Å². The van der Waals surface area contributed by atoms with Crippen LogP contribution in [0.2, 0.25) is 0 Å². The predicted octanol–water partition coefficient (Wildman–Crippen LogP) is 2.62. The van der Waals surface area contributed by atoms with Gasteiger partial charge in [-0.05, 0) is 37.3 Å². The summed E-state index contributed by atoms with van der Waals surface area (Å²) in [6.45, 7) is 6.87. The Morgan fingerprint density at radius 3 is 2.72 bits per heavy atom. The zero-order chi connectivity index (χ0) is 20.2. The predicted molar refractivity (Wildman–Crippen MR) is 116 cm³/mol. The molecule has 2 aromatic rings. The second-order valence-electron chi connectivity index (χ2n) is 7.65. The van der Waals surface area contributed by atoms with E-state index in [1.165, 1.54) is 25.9 Å². The van der Waals surface area contributed by atoms with Gasteiger partial charge < -0.3 is 15.1 Å². The number of carbonyl (C=O) groups excluding carboxylic acids is 2. The van der Waals surface area contributed by atoms with E-state index in [1.807, 2.05) is 49.4 Å². The van der Waals surface area contributed by atoms with Gasteiger partial charge in [0.05, 0.1) is 30.9 Å². The second-order valence-corrected chi connectivity index (χ2v) is 8.73. The lowest BCUT2D eigenvalue weighted by Gasteiger charge is -2.21. The number of anilines is 1. The Bertz CT molecular complexity index is 909. The number of likely N-dealkylation sites (tertiary alicyclic amines) is 1. The van der Waals surface area contributed by atoms with Crippen molar-refractivity contribution in [3.05, 3.63) is 53.6 Å². The summed E-state index contributed by atoms with van der Waals surface area (Å²) in [5.74, 6) is -0.0834. The highest BCUT2D eigenvalue weighted by Crippen LogP contribution is 2.41. The Kier molecular flexibility index (Phi) is 6.21. The minimum absolute atomic E-state index is 0.0134. The fourth-order valence-corrected chi connectivity index (χ4v) is 5.20. The van der Waals surface area contributed by atoms with Crippen LogP contribution in [0.15, 0.2) is 52.3 Å². The lowest BCUT2D eigenvalue weighted by Crippen LogP contribution is -3.10. The standard InChI is InChI=1S/C23H27N3O2S/c1-2-26-19-16-17(22(27)24-12-7-15-25-13-5-6-14-25)10-11-21(19)29-20-9-4-3-8-18(20)23(26)28/h3-4,8-11,16H,2,5-7,12-15H2,1H3,(H,24,27)/p+1. The van der Waals surface area contributed by atoms with Gasteiger partial charge in [-0.25, -0.2) is 0 Å². The lowest BCUT2D eigenvalue weighted by molar-refractivity contribution is -0.887. The minimum Gasteiger partial charge on any atom is -0.352 e. The molecule has 0 aromatic heterocycles. The van der Waals surface area contributed by atoms with E-state index in [-0.39, 0.29) is 11.8 Å². The highest BCUT2D eigenvalue weighted by molar-refractivity contribution is 7.99. The summed E-state index contributed by atoms with van der Waals surface area (Å²) < 4.78 is 0. The van der Waals surface area contributed by atoms with Crippen LogP contribution in [-0.4, -0.2) is 44.5 Å². The van der Waals surface area contributed by atoms with Gasteiger partial charge in [0, 0.05) is 47.7 Å². The average Bonchev–Trinajstić information content (AvgIpc) is 3.22. The zero-order valence-corrected chi connectivity index (χ0v) is 17.7. The van der Waals surface area contributed by atoms with Crippen LogP contribution in [0, 0.1) is 0 Å². The number of fused-ring (bicyclic) bond motifs is 2. The zero-order valence-electron chi connectivity index (χ0n) is 16.9. The third-order valence-corrected chi connectivity index (χ3v) is 6.86. The maximum Gasteiger partial charge on any atom is 0.259 e. The number of amides is 2. The topological polar surface area (TPSA) is 53.9 Å². The van der Waals surface area contributed by atoms with Crippen LogP contribution in [0.4, 0.5) is 5.69 Å². The van der Waals surface area contributed by atoms with E-state index in [1.54, 1.807) is 21.6 Å². The van der Waals surface area contributed by atoms with Gasteiger partial charge in [0.1, 0.15) is 0 Å².